The molecule has 1 aromatic rings. The van der Waals surface area contributed by atoms with Gasteiger partial charge < -0.3 is 10.1 Å². The summed E-state index contributed by atoms with van der Waals surface area (Å²) in [5.74, 6) is 7.03. The summed E-state index contributed by atoms with van der Waals surface area (Å²) in [5.41, 5.74) is 2.67. The van der Waals surface area contributed by atoms with Crippen LogP contribution in [0.5, 0.6) is 5.75 Å². The quantitative estimate of drug-likeness (QED) is 0.633. The van der Waals surface area contributed by atoms with Crippen LogP contribution in [0.2, 0.25) is 0 Å². The Kier molecular flexibility index (Phi) is 4.06. The molecule has 1 unspecified atom stereocenters. The predicted octanol–water partition coefficient (Wildman–Crippen LogP) is 2.69. The van der Waals surface area contributed by atoms with Gasteiger partial charge in [-0.25, -0.2) is 0 Å². The van der Waals surface area contributed by atoms with Gasteiger partial charge in [-0.05, 0) is 31.0 Å². The third-order valence-electron chi connectivity index (χ3n) is 3.09. The Labute approximate surface area is 103 Å². The molecule has 2 heteroatoms. The molecule has 0 bridgehead atoms. The van der Waals surface area contributed by atoms with Crippen molar-refractivity contribution in [2.75, 3.05) is 13.2 Å². The highest BCUT2D eigenvalue weighted by molar-refractivity contribution is 5.40. The minimum atomic E-state index is 0.375. The van der Waals surface area contributed by atoms with E-state index in [1.54, 1.807) is 0 Å². The van der Waals surface area contributed by atoms with Gasteiger partial charge in [0.05, 0.1) is 6.61 Å². The van der Waals surface area contributed by atoms with Crippen molar-refractivity contribution < 1.29 is 4.74 Å². The van der Waals surface area contributed by atoms with Crippen LogP contribution in [0.4, 0.5) is 0 Å². The molecule has 0 radical (unpaired) electrons. The third-order valence-corrected chi connectivity index (χ3v) is 3.09. The minimum absolute atomic E-state index is 0.375. The van der Waals surface area contributed by atoms with E-state index in [1.807, 2.05) is 6.92 Å². The first kappa shape index (κ1) is 12.0. The maximum atomic E-state index is 5.51. The van der Waals surface area contributed by atoms with Gasteiger partial charge in [0.15, 0.2) is 0 Å². The lowest BCUT2D eigenvalue weighted by Crippen LogP contribution is -2.19. The lowest BCUT2D eigenvalue weighted by Gasteiger charge is -2.14. The van der Waals surface area contributed by atoms with Crippen LogP contribution in [0.1, 0.15) is 37.4 Å². The normalized spacial score (nSPS) is 14.5. The first-order valence-corrected chi connectivity index (χ1v) is 6.20. The van der Waals surface area contributed by atoms with E-state index in [1.165, 1.54) is 11.1 Å². The molecule has 0 saturated heterocycles. The molecule has 2 nitrogen and oxygen atoms in total. The van der Waals surface area contributed by atoms with E-state index in [4.69, 9.17) is 4.74 Å². The highest BCUT2D eigenvalue weighted by Gasteiger charge is 2.13. The summed E-state index contributed by atoms with van der Waals surface area (Å²) < 4.78 is 5.51. The summed E-state index contributed by atoms with van der Waals surface area (Å²) in [5, 5.41) is 3.48. The second kappa shape index (κ2) is 5.75. The van der Waals surface area contributed by atoms with Gasteiger partial charge in [0.2, 0.25) is 0 Å². The molecule has 1 N–H and O–H groups in total. The molecule has 0 spiro atoms. The van der Waals surface area contributed by atoms with Crippen molar-refractivity contribution >= 4 is 0 Å². The Balaban J connectivity index is 1.94. The van der Waals surface area contributed by atoms with Crippen LogP contribution in [0.15, 0.2) is 18.2 Å². The standard InChI is InChI=1S/C15H19NO/c1-3-4-5-9-16-12(2)13-6-7-15-14(11-13)8-10-17-15/h6-7,11-12,16H,5,8-10H2,1-2H3. The van der Waals surface area contributed by atoms with Gasteiger partial charge in [-0.3, -0.25) is 0 Å². The van der Waals surface area contributed by atoms with Gasteiger partial charge >= 0.3 is 0 Å². The number of fused-ring (bicyclic) bond motifs is 1. The van der Waals surface area contributed by atoms with Crippen molar-refractivity contribution in [2.24, 2.45) is 0 Å². The number of nitrogens with one attached hydrogen (secondary N) is 1. The molecular weight excluding hydrogens is 210 g/mol. The average molecular weight is 229 g/mol. The number of rotatable bonds is 4. The molecule has 1 aliphatic rings. The third kappa shape index (κ3) is 3.01. The Morgan fingerprint density at radius 3 is 3.18 bits per heavy atom. The SMILES string of the molecule is CC#CCCNC(C)c1ccc2c(c1)CCO2. The Hall–Kier alpha value is -1.46. The van der Waals surface area contributed by atoms with Gasteiger partial charge in [0.1, 0.15) is 5.75 Å². The second-order valence-corrected chi connectivity index (χ2v) is 4.32. The second-order valence-electron chi connectivity index (χ2n) is 4.32. The Morgan fingerprint density at radius 2 is 2.35 bits per heavy atom. The summed E-state index contributed by atoms with van der Waals surface area (Å²) in [4.78, 5) is 0. The molecule has 1 aromatic carbocycles. The first-order valence-electron chi connectivity index (χ1n) is 6.20. The molecular formula is C15H19NO. The summed E-state index contributed by atoms with van der Waals surface area (Å²) in [6.07, 6.45) is 1.95. The summed E-state index contributed by atoms with van der Waals surface area (Å²) >= 11 is 0. The largest absolute Gasteiger partial charge is 0.493 e. The number of benzene rings is 1. The van der Waals surface area contributed by atoms with Crippen LogP contribution in [0, 0.1) is 11.8 Å². The highest BCUT2D eigenvalue weighted by atomic mass is 16.5. The van der Waals surface area contributed by atoms with Crippen LogP contribution in [0.3, 0.4) is 0 Å². The van der Waals surface area contributed by atoms with E-state index in [0.717, 1.165) is 31.7 Å². The summed E-state index contributed by atoms with van der Waals surface area (Å²) in [6.45, 7) is 5.84. The zero-order chi connectivity index (χ0) is 12.1. The molecule has 1 atom stereocenters. The molecule has 0 saturated carbocycles. The van der Waals surface area contributed by atoms with Crippen molar-refractivity contribution in [3.05, 3.63) is 29.3 Å². The molecule has 2 rings (SSSR count). The van der Waals surface area contributed by atoms with Gasteiger partial charge in [0, 0.05) is 25.4 Å². The maximum Gasteiger partial charge on any atom is 0.122 e. The van der Waals surface area contributed by atoms with Crippen LogP contribution >= 0.6 is 0 Å². The van der Waals surface area contributed by atoms with Crippen molar-refractivity contribution in [3.8, 4) is 17.6 Å². The van der Waals surface area contributed by atoms with E-state index in [-0.39, 0.29) is 0 Å². The Morgan fingerprint density at radius 1 is 1.47 bits per heavy atom. The zero-order valence-electron chi connectivity index (χ0n) is 10.5. The van der Waals surface area contributed by atoms with E-state index in [2.05, 4.69) is 42.3 Å². The van der Waals surface area contributed by atoms with Gasteiger partial charge in [0.25, 0.3) is 0 Å². The van der Waals surface area contributed by atoms with Crippen LogP contribution in [0.25, 0.3) is 0 Å². The van der Waals surface area contributed by atoms with Crippen molar-refractivity contribution in [1.82, 2.24) is 5.32 Å². The van der Waals surface area contributed by atoms with Crippen molar-refractivity contribution in [2.45, 2.75) is 32.7 Å². The van der Waals surface area contributed by atoms with Gasteiger partial charge in [-0.1, -0.05) is 12.1 Å². The van der Waals surface area contributed by atoms with Gasteiger partial charge in [-0.15, -0.1) is 11.8 Å². The van der Waals surface area contributed by atoms with E-state index < -0.39 is 0 Å². The molecule has 0 aliphatic carbocycles. The Bertz CT molecular complexity index is 442. The fraction of sp³-hybridized carbons (Fsp3) is 0.467. The van der Waals surface area contributed by atoms with E-state index in [9.17, 15) is 0 Å². The first-order chi connectivity index (χ1) is 8.31. The smallest absolute Gasteiger partial charge is 0.122 e. The number of ether oxygens (including phenoxy) is 1. The van der Waals surface area contributed by atoms with Gasteiger partial charge in [-0.2, -0.15) is 0 Å². The lowest BCUT2D eigenvalue weighted by atomic mass is 10.0. The fourth-order valence-corrected chi connectivity index (χ4v) is 2.07. The number of hydrogen-bond donors (Lipinski definition) is 1. The highest BCUT2D eigenvalue weighted by Crippen LogP contribution is 2.27. The fourth-order valence-electron chi connectivity index (χ4n) is 2.07. The van der Waals surface area contributed by atoms with Crippen molar-refractivity contribution in [3.63, 3.8) is 0 Å². The zero-order valence-corrected chi connectivity index (χ0v) is 10.5. The molecule has 17 heavy (non-hydrogen) atoms. The summed E-state index contributed by atoms with van der Waals surface area (Å²) in [7, 11) is 0. The maximum absolute atomic E-state index is 5.51. The molecule has 1 aliphatic heterocycles. The topological polar surface area (TPSA) is 21.3 Å². The van der Waals surface area contributed by atoms with Crippen LogP contribution in [-0.4, -0.2) is 13.2 Å². The molecule has 90 valence electrons. The minimum Gasteiger partial charge on any atom is -0.493 e. The monoisotopic (exact) mass is 229 g/mol. The van der Waals surface area contributed by atoms with Crippen LogP contribution < -0.4 is 10.1 Å². The van der Waals surface area contributed by atoms with E-state index >= 15 is 0 Å². The average Bonchev–Trinajstić information content (AvgIpc) is 2.81. The molecule has 1 heterocycles. The van der Waals surface area contributed by atoms with Crippen molar-refractivity contribution in [1.29, 1.82) is 0 Å². The molecule has 0 amide bonds. The number of hydrogen-bond acceptors (Lipinski definition) is 2. The molecule has 0 fully saturated rings. The lowest BCUT2D eigenvalue weighted by molar-refractivity contribution is 0.356. The molecule has 0 aromatic heterocycles. The van der Waals surface area contributed by atoms with E-state index in [0.29, 0.717) is 6.04 Å². The summed E-state index contributed by atoms with van der Waals surface area (Å²) in [6, 6.07) is 6.86. The predicted molar refractivity (Wildman–Crippen MR) is 70.1 cm³/mol. The van der Waals surface area contributed by atoms with Crippen LogP contribution in [-0.2, 0) is 6.42 Å².